The molecule has 2 N–H and O–H groups in total. The Morgan fingerprint density at radius 3 is 2.59 bits per heavy atom. The van der Waals surface area contributed by atoms with Gasteiger partial charge in [-0.25, -0.2) is 4.98 Å². The predicted molar refractivity (Wildman–Crippen MR) is 98.9 cm³/mol. The van der Waals surface area contributed by atoms with E-state index in [0.29, 0.717) is 39.7 Å². The lowest BCUT2D eigenvalue weighted by atomic mass is 10.1. The molecule has 0 fully saturated rings. The molecule has 4 aromatic rings. The lowest BCUT2D eigenvalue weighted by molar-refractivity contribution is -0.384. The minimum absolute atomic E-state index is 0.00771. The molecule has 0 amide bonds. The predicted octanol–water partition coefficient (Wildman–Crippen LogP) is 3.55. The number of aromatic amines is 2. The highest BCUT2D eigenvalue weighted by molar-refractivity contribution is 5.81. The van der Waals surface area contributed by atoms with Gasteiger partial charge in [0.2, 0.25) is 0 Å². The van der Waals surface area contributed by atoms with Crippen LogP contribution in [0.15, 0.2) is 42.5 Å². The summed E-state index contributed by atoms with van der Waals surface area (Å²) in [6.07, 6.45) is 0. The molecule has 9 nitrogen and oxygen atoms in total. The zero-order valence-electron chi connectivity index (χ0n) is 14.5. The molecular formula is C18H15N5O4. The number of non-ortho nitro benzene ring substituents is 1. The molecule has 0 saturated heterocycles. The third kappa shape index (κ3) is 2.95. The summed E-state index contributed by atoms with van der Waals surface area (Å²) in [5.74, 6) is 1.79. The first-order valence-electron chi connectivity index (χ1n) is 8.01. The van der Waals surface area contributed by atoms with Crippen molar-refractivity contribution in [3.63, 3.8) is 0 Å². The van der Waals surface area contributed by atoms with E-state index < -0.39 is 4.92 Å². The molecule has 4 rings (SSSR count). The molecule has 0 aliphatic rings. The van der Waals surface area contributed by atoms with E-state index in [2.05, 4.69) is 20.2 Å². The van der Waals surface area contributed by atoms with Crippen LogP contribution in [0.25, 0.3) is 33.8 Å². The van der Waals surface area contributed by atoms with E-state index in [4.69, 9.17) is 9.47 Å². The van der Waals surface area contributed by atoms with Crippen molar-refractivity contribution in [3.8, 4) is 34.3 Å². The Hall–Kier alpha value is -3.88. The third-order valence-electron chi connectivity index (χ3n) is 4.19. The first-order chi connectivity index (χ1) is 13.1. The van der Waals surface area contributed by atoms with Crippen LogP contribution in [-0.4, -0.2) is 39.3 Å². The number of fused-ring (bicyclic) bond motifs is 1. The zero-order chi connectivity index (χ0) is 19.0. The van der Waals surface area contributed by atoms with Gasteiger partial charge in [0.05, 0.1) is 35.9 Å². The first kappa shape index (κ1) is 16.6. The van der Waals surface area contributed by atoms with Crippen LogP contribution in [0.5, 0.6) is 11.5 Å². The second kappa shape index (κ2) is 6.45. The Balaban J connectivity index is 1.70. The smallest absolute Gasteiger partial charge is 0.271 e. The third-order valence-corrected chi connectivity index (χ3v) is 4.19. The summed E-state index contributed by atoms with van der Waals surface area (Å²) in [5.41, 5.74) is 3.45. The van der Waals surface area contributed by atoms with Crippen LogP contribution in [0.3, 0.4) is 0 Å². The Morgan fingerprint density at radius 1 is 1.04 bits per heavy atom. The van der Waals surface area contributed by atoms with Gasteiger partial charge in [-0.3, -0.25) is 15.2 Å². The Bertz CT molecular complexity index is 1150. The maximum Gasteiger partial charge on any atom is 0.271 e. The molecule has 9 heteroatoms. The van der Waals surface area contributed by atoms with Crippen LogP contribution in [0.1, 0.15) is 0 Å². The topological polar surface area (TPSA) is 119 Å². The van der Waals surface area contributed by atoms with Gasteiger partial charge in [-0.05, 0) is 30.3 Å². The molecule has 0 radical (unpaired) electrons. The monoisotopic (exact) mass is 365 g/mol. The van der Waals surface area contributed by atoms with Crippen molar-refractivity contribution in [2.75, 3.05) is 14.2 Å². The van der Waals surface area contributed by atoms with E-state index in [1.54, 1.807) is 20.3 Å². The van der Waals surface area contributed by atoms with Crippen molar-refractivity contribution in [2.45, 2.75) is 0 Å². The van der Waals surface area contributed by atoms with Crippen LogP contribution in [0, 0.1) is 10.1 Å². The highest BCUT2D eigenvalue weighted by atomic mass is 16.6. The number of nitrogens with zero attached hydrogens (tertiary/aromatic N) is 3. The Labute approximate surface area is 153 Å². The lowest BCUT2D eigenvalue weighted by Crippen LogP contribution is -1.90. The van der Waals surface area contributed by atoms with Crippen LogP contribution >= 0.6 is 0 Å². The lowest BCUT2D eigenvalue weighted by Gasteiger charge is -2.08. The summed E-state index contributed by atoms with van der Waals surface area (Å²) in [4.78, 5) is 18.0. The molecule has 0 bridgehead atoms. The van der Waals surface area contributed by atoms with Gasteiger partial charge < -0.3 is 14.5 Å². The number of H-pyrrole nitrogens is 2. The zero-order valence-corrected chi connectivity index (χ0v) is 14.5. The van der Waals surface area contributed by atoms with E-state index in [0.717, 1.165) is 5.56 Å². The van der Waals surface area contributed by atoms with Gasteiger partial charge in [0.15, 0.2) is 17.3 Å². The molecule has 0 aliphatic carbocycles. The van der Waals surface area contributed by atoms with Crippen molar-refractivity contribution in [3.05, 3.63) is 52.6 Å². The van der Waals surface area contributed by atoms with Gasteiger partial charge in [0, 0.05) is 17.7 Å². The summed E-state index contributed by atoms with van der Waals surface area (Å²) in [6, 6.07) is 11.9. The minimum Gasteiger partial charge on any atom is -0.493 e. The highest BCUT2D eigenvalue weighted by Crippen LogP contribution is 2.32. The van der Waals surface area contributed by atoms with Gasteiger partial charge >= 0.3 is 0 Å². The van der Waals surface area contributed by atoms with Crippen LogP contribution in [0.2, 0.25) is 0 Å². The molecule has 2 aromatic carbocycles. The molecule has 0 saturated carbocycles. The maximum atomic E-state index is 10.9. The van der Waals surface area contributed by atoms with Crippen LogP contribution in [-0.2, 0) is 0 Å². The Morgan fingerprint density at radius 2 is 1.85 bits per heavy atom. The van der Waals surface area contributed by atoms with Crippen molar-refractivity contribution in [1.82, 2.24) is 20.2 Å². The fraction of sp³-hybridized carbons (Fsp3) is 0.111. The van der Waals surface area contributed by atoms with Gasteiger partial charge in [0.1, 0.15) is 5.69 Å². The van der Waals surface area contributed by atoms with E-state index in [9.17, 15) is 10.1 Å². The van der Waals surface area contributed by atoms with Crippen molar-refractivity contribution >= 4 is 16.7 Å². The quantitative estimate of drug-likeness (QED) is 0.412. The minimum atomic E-state index is -0.439. The number of hydrogen-bond donors (Lipinski definition) is 2. The summed E-state index contributed by atoms with van der Waals surface area (Å²) in [7, 11) is 3.15. The second-order valence-electron chi connectivity index (χ2n) is 5.78. The van der Waals surface area contributed by atoms with Gasteiger partial charge in [0.25, 0.3) is 5.69 Å². The van der Waals surface area contributed by atoms with Crippen LogP contribution in [0.4, 0.5) is 5.69 Å². The van der Waals surface area contributed by atoms with E-state index >= 15 is 0 Å². The molecular weight excluding hydrogens is 350 g/mol. The normalized spacial score (nSPS) is 10.9. The molecule has 0 unspecified atom stereocenters. The molecule has 0 atom stereocenters. The highest BCUT2D eigenvalue weighted by Gasteiger charge is 2.14. The number of benzene rings is 2. The SMILES string of the molecule is COc1ccc(-c2cc(-c3nc4ccc([N+](=O)[O-])cc4[nH]3)[nH]n2)cc1OC. The molecule has 0 aliphatic heterocycles. The standard InChI is InChI=1S/C18H15N5O4/c1-26-16-6-3-10(7-17(16)27-2)13-9-15(22-21-13)18-19-12-5-4-11(23(24)25)8-14(12)20-18/h3-9H,1-2H3,(H,19,20)(H,21,22). The number of nitrogens with one attached hydrogen (secondary N) is 2. The fourth-order valence-corrected chi connectivity index (χ4v) is 2.83. The van der Waals surface area contributed by atoms with Crippen molar-refractivity contribution in [2.24, 2.45) is 0 Å². The number of methoxy groups -OCH3 is 2. The number of hydrogen-bond acceptors (Lipinski definition) is 6. The average Bonchev–Trinajstić information content (AvgIpc) is 3.33. The number of nitro benzene ring substituents is 1. The Kier molecular flexibility index (Phi) is 3.96. The summed E-state index contributed by atoms with van der Waals surface area (Å²) in [6.45, 7) is 0. The van der Waals surface area contributed by atoms with Crippen molar-refractivity contribution < 1.29 is 14.4 Å². The maximum absolute atomic E-state index is 10.9. The number of aromatic nitrogens is 4. The molecule has 2 heterocycles. The number of ether oxygens (including phenoxy) is 2. The second-order valence-corrected chi connectivity index (χ2v) is 5.78. The summed E-state index contributed by atoms with van der Waals surface area (Å²) in [5, 5.41) is 18.2. The molecule has 0 spiro atoms. The van der Waals surface area contributed by atoms with Crippen molar-refractivity contribution in [1.29, 1.82) is 0 Å². The van der Waals surface area contributed by atoms with E-state index in [1.165, 1.54) is 12.1 Å². The van der Waals surface area contributed by atoms with Crippen LogP contribution < -0.4 is 9.47 Å². The van der Waals surface area contributed by atoms with Gasteiger partial charge in [-0.2, -0.15) is 5.10 Å². The molecule has 136 valence electrons. The van der Waals surface area contributed by atoms with Gasteiger partial charge in [-0.1, -0.05) is 0 Å². The van der Waals surface area contributed by atoms with E-state index in [-0.39, 0.29) is 5.69 Å². The molecule has 27 heavy (non-hydrogen) atoms. The van der Waals surface area contributed by atoms with E-state index in [1.807, 2.05) is 24.3 Å². The largest absolute Gasteiger partial charge is 0.493 e. The first-order valence-corrected chi connectivity index (χ1v) is 8.01. The number of nitro groups is 1. The summed E-state index contributed by atoms with van der Waals surface area (Å²) < 4.78 is 10.6. The number of rotatable bonds is 5. The summed E-state index contributed by atoms with van der Waals surface area (Å²) >= 11 is 0. The van der Waals surface area contributed by atoms with Gasteiger partial charge in [-0.15, -0.1) is 0 Å². The fourth-order valence-electron chi connectivity index (χ4n) is 2.83. The number of imidazole rings is 1. The average molecular weight is 365 g/mol. The molecule has 2 aromatic heterocycles.